The molecule has 0 aliphatic carbocycles. The van der Waals surface area contributed by atoms with Crippen LogP contribution < -0.4 is 9.47 Å². The highest BCUT2D eigenvalue weighted by Gasteiger charge is 2.19. The Hall–Kier alpha value is -2.62. The predicted octanol–water partition coefficient (Wildman–Crippen LogP) is 2.74. The van der Waals surface area contributed by atoms with Crippen molar-refractivity contribution in [3.8, 4) is 17.6 Å². The van der Waals surface area contributed by atoms with Gasteiger partial charge in [-0.1, -0.05) is 0 Å². The Morgan fingerprint density at radius 2 is 2.10 bits per heavy atom. The summed E-state index contributed by atoms with van der Waals surface area (Å²) in [7, 11) is 0. The number of benzene rings is 1. The molecule has 0 amide bonds. The summed E-state index contributed by atoms with van der Waals surface area (Å²) in [6.07, 6.45) is 1.67. The standard InChI is InChI=1S/C13H13FN2O4/c1-3-19-11-7-9(5-6-16(17)18)10(8-15)12(14)13(11)20-4-2/h5-7H,3-4H2,1-2H3/b6-5+. The zero-order valence-electron chi connectivity index (χ0n) is 11.1. The molecule has 7 heteroatoms. The highest BCUT2D eigenvalue weighted by atomic mass is 19.1. The lowest BCUT2D eigenvalue weighted by Gasteiger charge is -2.13. The van der Waals surface area contributed by atoms with Crippen molar-refractivity contribution in [2.24, 2.45) is 0 Å². The van der Waals surface area contributed by atoms with Crippen LogP contribution in [0.25, 0.3) is 6.08 Å². The number of halogens is 1. The van der Waals surface area contributed by atoms with Gasteiger partial charge in [0, 0.05) is 11.6 Å². The van der Waals surface area contributed by atoms with Crippen molar-refractivity contribution in [1.29, 1.82) is 5.26 Å². The predicted molar refractivity (Wildman–Crippen MR) is 69.5 cm³/mol. The first-order valence-electron chi connectivity index (χ1n) is 5.89. The van der Waals surface area contributed by atoms with Crippen LogP contribution in [0.15, 0.2) is 12.3 Å². The maximum atomic E-state index is 14.2. The van der Waals surface area contributed by atoms with Crippen LogP contribution in [0, 0.1) is 27.3 Å². The van der Waals surface area contributed by atoms with Gasteiger partial charge >= 0.3 is 0 Å². The quantitative estimate of drug-likeness (QED) is 0.590. The normalized spacial score (nSPS) is 10.3. The third kappa shape index (κ3) is 3.45. The first-order chi connectivity index (χ1) is 9.54. The maximum Gasteiger partial charge on any atom is 0.235 e. The third-order valence-electron chi connectivity index (χ3n) is 2.29. The SMILES string of the molecule is CCOc1cc(/C=C/[N+](=O)[O-])c(C#N)c(F)c1OCC. The molecular formula is C13H13FN2O4. The summed E-state index contributed by atoms with van der Waals surface area (Å²) in [5, 5.41) is 19.3. The second-order valence-electron chi connectivity index (χ2n) is 3.56. The summed E-state index contributed by atoms with van der Waals surface area (Å²) in [5.74, 6) is -0.943. The molecule has 0 saturated heterocycles. The molecule has 0 N–H and O–H groups in total. The van der Waals surface area contributed by atoms with Gasteiger partial charge in [0.2, 0.25) is 6.20 Å². The van der Waals surface area contributed by atoms with E-state index in [1.165, 1.54) is 6.07 Å². The average molecular weight is 280 g/mol. The van der Waals surface area contributed by atoms with Gasteiger partial charge in [-0.15, -0.1) is 0 Å². The van der Waals surface area contributed by atoms with Crippen molar-refractivity contribution < 1.29 is 18.8 Å². The van der Waals surface area contributed by atoms with E-state index in [9.17, 15) is 14.5 Å². The summed E-state index contributed by atoms with van der Waals surface area (Å²) in [5.41, 5.74) is -0.261. The summed E-state index contributed by atoms with van der Waals surface area (Å²) >= 11 is 0. The van der Waals surface area contributed by atoms with Crippen molar-refractivity contribution in [2.75, 3.05) is 13.2 Å². The number of hydrogen-bond donors (Lipinski definition) is 0. The lowest BCUT2D eigenvalue weighted by atomic mass is 10.1. The first-order valence-corrected chi connectivity index (χ1v) is 5.89. The molecule has 0 aliphatic heterocycles. The minimum absolute atomic E-state index is 0.0635. The monoisotopic (exact) mass is 280 g/mol. The van der Waals surface area contributed by atoms with E-state index >= 15 is 0 Å². The highest BCUT2D eigenvalue weighted by Crippen LogP contribution is 2.35. The Labute approximate surface area is 115 Å². The molecule has 0 unspecified atom stereocenters. The largest absolute Gasteiger partial charge is 0.490 e. The number of rotatable bonds is 6. The molecular weight excluding hydrogens is 267 g/mol. The van der Waals surface area contributed by atoms with E-state index in [0.717, 1.165) is 6.08 Å². The molecule has 20 heavy (non-hydrogen) atoms. The Morgan fingerprint density at radius 3 is 2.60 bits per heavy atom. The van der Waals surface area contributed by atoms with E-state index in [1.807, 2.05) is 0 Å². The number of ether oxygens (including phenoxy) is 2. The fourth-order valence-electron chi connectivity index (χ4n) is 1.56. The third-order valence-corrected chi connectivity index (χ3v) is 2.29. The van der Waals surface area contributed by atoms with Crippen LogP contribution in [0.3, 0.4) is 0 Å². The fourth-order valence-corrected chi connectivity index (χ4v) is 1.56. The average Bonchev–Trinajstić information content (AvgIpc) is 2.40. The molecule has 106 valence electrons. The Bertz CT molecular complexity index is 579. The Kier molecular flexibility index (Phi) is 5.47. The zero-order chi connectivity index (χ0) is 15.1. The van der Waals surface area contributed by atoms with Crippen molar-refractivity contribution in [3.05, 3.63) is 39.3 Å². The minimum Gasteiger partial charge on any atom is -0.490 e. The zero-order valence-corrected chi connectivity index (χ0v) is 11.1. The summed E-state index contributed by atoms with van der Waals surface area (Å²) in [4.78, 5) is 9.62. The van der Waals surface area contributed by atoms with Crippen LogP contribution in [0.5, 0.6) is 11.5 Å². The number of nitro groups is 1. The molecule has 0 spiro atoms. The summed E-state index contributed by atoms with van der Waals surface area (Å²) in [6, 6.07) is 3.01. The Balaban J connectivity index is 3.45. The molecule has 6 nitrogen and oxygen atoms in total. The molecule has 0 aliphatic rings. The van der Waals surface area contributed by atoms with Crippen molar-refractivity contribution in [3.63, 3.8) is 0 Å². The van der Waals surface area contributed by atoms with Gasteiger partial charge in [-0.25, -0.2) is 4.39 Å². The number of nitrogens with zero attached hydrogens (tertiary/aromatic N) is 2. The number of hydrogen-bond acceptors (Lipinski definition) is 5. The van der Waals surface area contributed by atoms with Crippen LogP contribution in [-0.4, -0.2) is 18.1 Å². The van der Waals surface area contributed by atoms with E-state index < -0.39 is 10.7 Å². The van der Waals surface area contributed by atoms with Crippen molar-refractivity contribution in [2.45, 2.75) is 13.8 Å². The van der Waals surface area contributed by atoms with Crippen molar-refractivity contribution in [1.82, 2.24) is 0 Å². The summed E-state index contributed by atoms with van der Waals surface area (Å²) < 4.78 is 24.6. The molecule has 1 aromatic carbocycles. The van der Waals surface area contributed by atoms with Crippen LogP contribution >= 0.6 is 0 Å². The van der Waals surface area contributed by atoms with Gasteiger partial charge in [0.1, 0.15) is 6.07 Å². The second-order valence-corrected chi connectivity index (χ2v) is 3.56. The molecule has 1 aromatic rings. The van der Waals surface area contributed by atoms with Gasteiger partial charge in [0.25, 0.3) is 0 Å². The maximum absolute atomic E-state index is 14.2. The topological polar surface area (TPSA) is 85.4 Å². The van der Waals surface area contributed by atoms with Gasteiger partial charge in [-0.2, -0.15) is 5.26 Å². The van der Waals surface area contributed by atoms with Crippen molar-refractivity contribution >= 4 is 6.08 Å². The smallest absolute Gasteiger partial charge is 0.235 e. The minimum atomic E-state index is -0.886. The molecule has 0 radical (unpaired) electrons. The molecule has 0 heterocycles. The van der Waals surface area contributed by atoms with E-state index in [4.69, 9.17) is 14.7 Å². The van der Waals surface area contributed by atoms with Crippen LogP contribution in [0.2, 0.25) is 0 Å². The lowest BCUT2D eigenvalue weighted by molar-refractivity contribution is -0.400. The van der Waals surface area contributed by atoms with E-state index in [-0.39, 0.29) is 35.8 Å². The van der Waals surface area contributed by atoms with Gasteiger partial charge < -0.3 is 9.47 Å². The van der Waals surface area contributed by atoms with Gasteiger partial charge in [0.15, 0.2) is 17.3 Å². The first kappa shape index (κ1) is 15.4. The van der Waals surface area contributed by atoms with Crippen LogP contribution in [0.4, 0.5) is 4.39 Å². The highest BCUT2D eigenvalue weighted by molar-refractivity contribution is 5.64. The molecule has 0 bridgehead atoms. The van der Waals surface area contributed by atoms with Gasteiger partial charge in [0.05, 0.1) is 23.7 Å². The van der Waals surface area contributed by atoms with Crippen LogP contribution in [0.1, 0.15) is 25.0 Å². The van der Waals surface area contributed by atoms with E-state index in [1.54, 1.807) is 19.9 Å². The lowest BCUT2D eigenvalue weighted by Crippen LogP contribution is -2.04. The summed E-state index contributed by atoms with van der Waals surface area (Å²) in [6.45, 7) is 3.84. The number of nitriles is 1. The molecule has 1 rings (SSSR count). The molecule has 0 atom stereocenters. The molecule has 0 aromatic heterocycles. The Morgan fingerprint density at radius 1 is 1.45 bits per heavy atom. The van der Waals surface area contributed by atoms with E-state index in [0.29, 0.717) is 6.20 Å². The van der Waals surface area contributed by atoms with Crippen LogP contribution in [-0.2, 0) is 0 Å². The molecule has 0 saturated carbocycles. The molecule has 0 fully saturated rings. The van der Waals surface area contributed by atoms with E-state index in [2.05, 4.69) is 0 Å². The fraction of sp³-hybridized carbons (Fsp3) is 0.308. The van der Waals surface area contributed by atoms with Gasteiger partial charge in [-0.05, 0) is 19.9 Å². The van der Waals surface area contributed by atoms with Gasteiger partial charge in [-0.3, -0.25) is 10.1 Å². The second kappa shape index (κ2) is 7.09.